The molecular formula is C9H18N2O2. The van der Waals surface area contributed by atoms with Crippen molar-refractivity contribution in [3.8, 4) is 0 Å². The third kappa shape index (κ3) is 2.67. The van der Waals surface area contributed by atoms with Gasteiger partial charge < -0.3 is 15.8 Å². The monoisotopic (exact) mass is 186 g/mol. The minimum Gasteiger partial charge on any atom is -0.380 e. The topological polar surface area (TPSA) is 64.4 Å². The predicted molar refractivity (Wildman–Crippen MR) is 50.2 cm³/mol. The quantitative estimate of drug-likeness (QED) is 0.629. The van der Waals surface area contributed by atoms with Crippen molar-refractivity contribution in [2.45, 2.75) is 19.8 Å². The number of ether oxygens (including phenoxy) is 1. The van der Waals surface area contributed by atoms with Crippen LogP contribution < -0.4 is 11.1 Å². The maximum Gasteiger partial charge on any atom is 0.220 e. The first kappa shape index (κ1) is 10.5. The number of nitrogens with two attached hydrogens (primary N) is 1. The number of amides is 1. The molecule has 76 valence electrons. The van der Waals surface area contributed by atoms with Crippen molar-refractivity contribution in [1.82, 2.24) is 5.32 Å². The summed E-state index contributed by atoms with van der Waals surface area (Å²) in [5.41, 5.74) is 5.61. The van der Waals surface area contributed by atoms with Crippen molar-refractivity contribution < 1.29 is 9.53 Å². The van der Waals surface area contributed by atoms with Crippen molar-refractivity contribution in [1.29, 1.82) is 0 Å². The number of carbonyl (C=O) groups is 1. The van der Waals surface area contributed by atoms with Crippen LogP contribution in [0.3, 0.4) is 0 Å². The molecule has 1 amide bonds. The first-order chi connectivity index (χ1) is 6.22. The minimum absolute atomic E-state index is 0.0173. The van der Waals surface area contributed by atoms with Gasteiger partial charge in [-0.25, -0.2) is 0 Å². The normalized spacial score (nSPS) is 19.2. The van der Waals surface area contributed by atoms with Gasteiger partial charge in [0.15, 0.2) is 0 Å². The fourth-order valence-electron chi connectivity index (χ4n) is 1.28. The lowest BCUT2D eigenvalue weighted by atomic mass is 9.86. The zero-order chi connectivity index (χ0) is 9.73. The van der Waals surface area contributed by atoms with Crippen molar-refractivity contribution in [2.75, 3.05) is 26.3 Å². The smallest absolute Gasteiger partial charge is 0.220 e. The summed E-state index contributed by atoms with van der Waals surface area (Å²) in [5, 5.41) is 2.88. The molecule has 0 bridgehead atoms. The van der Waals surface area contributed by atoms with Gasteiger partial charge in [0.2, 0.25) is 5.91 Å². The Bertz CT molecular complexity index is 173. The lowest BCUT2D eigenvalue weighted by Crippen LogP contribution is -2.55. The van der Waals surface area contributed by atoms with Crippen LogP contribution in [0, 0.1) is 5.41 Å². The summed E-state index contributed by atoms with van der Waals surface area (Å²) in [5.74, 6) is 0.113. The number of hydrogen-bond acceptors (Lipinski definition) is 3. The van der Waals surface area contributed by atoms with E-state index in [0.717, 1.165) is 6.42 Å². The molecule has 4 heteroatoms. The molecule has 1 rings (SSSR count). The second-order valence-corrected chi connectivity index (χ2v) is 3.72. The fraction of sp³-hybridized carbons (Fsp3) is 0.889. The molecule has 0 aromatic carbocycles. The van der Waals surface area contributed by atoms with Crippen LogP contribution in [0.25, 0.3) is 0 Å². The number of hydrogen-bond donors (Lipinski definition) is 2. The van der Waals surface area contributed by atoms with Gasteiger partial charge in [-0.2, -0.15) is 0 Å². The molecule has 1 saturated heterocycles. The summed E-state index contributed by atoms with van der Waals surface area (Å²) in [6, 6.07) is 0. The van der Waals surface area contributed by atoms with E-state index in [1.165, 1.54) is 0 Å². The van der Waals surface area contributed by atoms with Crippen LogP contribution in [0.4, 0.5) is 0 Å². The fourth-order valence-corrected chi connectivity index (χ4v) is 1.28. The summed E-state index contributed by atoms with van der Waals surface area (Å²) >= 11 is 0. The summed E-state index contributed by atoms with van der Waals surface area (Å²) in [6.07, 6.45) is 1.49. The summed E-state index contributed by atoms with van der Waals surface area (Å²) in [7, 11) is 0. The first-order valence-electron chi connectivity index (χ1n) is 4.77. The Morgan fingerprint density at radius 3 is 2.69 bits per heavy atom. The van der Waals surface area contributed by atoms with Crippen LogP contribution >= 0.6 is 0 Å². The molecule has 4 nitrogen and oxygen atoms in total. The SMILES string of the molecule is CCCC(=O)NCC1(CN)COC1. The number of rotatable bonds is 5. The van der Waals surface area contributed by atoms with E-state index >= 15 is 0 Å². The standard InChI is InChI=1S/C9H18N2O2/c1-2-3-8(12)11-5-9(4-10)6-13-7-9/h2-7,10H2,1H3,(H,11,12). The Kier molecular flexibility index (Phi) is 3.69. The zero-order valence-electron chi connectivity index (χ0n) is 8.14. The Morgan fingerprint density at radius 2 is 2.31 bits per heavy atom. The van der Waals surface area contributed by atoms with Crippen molar-refractivity contribution in [3.05, 3.63) is 0 Å². The maximum absolute atomic E-state index is 11.2. The van der Waals surface area contributed by atoms with Crippen molar-refractivity contribution in [2.24, 2.45) is 11.1 Å². The van der Waals surface area contributed by atoms with Gasteiger partial charge in [0.25, 0.3) is 0 Å². The molecule has 0 radical (unpaired) electrons. The molecule has 1 fully saturated rings. The maximum atomic E-state index is 11.2. The van der Waals surface area contributed by atoms with Crippen molar-refractivity contribution >= 4 is 5.91 Å². The third-order valence-electron chi connectivity index (χ3n) is 2.39. The Hall–Kier alpha value is -0.610. The zero-order valence-corrected chi connectivity index (χ0v) is 8.14. The molecule has 0 saturated carbocycles. The molecule has 3 N–H and O–H groups in total. The summed E-state index contributed by atoms with van der Waals surface area (Å²) in [6.45, 7) is 4.58. The molecule has 0 aromatic rings. The van der Waals surface area contributed by atoms with Crippen LogP contribution in [0.15, 0.2) is 0 Å². The van der Waals surface area contributed by atoms with E-state index in [4.69, 9.17) is 10.5 Å². The molecule has 0 atom stereocenters. The van der Waals surface area contributed by atoms with Crippen LogP contribution in [0.1, 0.15) is 19.8 Å². The number of nitrogens with one attached hydrogen (secondary N) is 1. The Labute approximate surface area is 78.8 Å². The van der Waals surface area contributed by atoms with E-state index in [1.54, 1.807) is 0 Å². The molecule has 1 aliphatic heterocycles. The van der Waals surface area contributed by atoms with E-state index < -0.39 is 0 Å². The lowest BCUT2D eigenvalue weighted by molar-refractivity contribution is -0.127. The minimum atomic E-state index is 0.0173. The summed E-state index contributed by atoms with van der Waals surface area (Å²) < 4.78 is 5.09. The van der Waals surface area contributed by atoms with Gasteiger partial charge in [-0.3, -0.25) is 4.79 Å². The van der Waals surface area contributed by atoms with E-state index in [2.05, 4.69) is 5.32 Å². The van der Waals surface area contributed by atoms with E-state index in [0.29, 0.717) is 32.7 Å². The molecule has 0 aromatic heterocycles. The molecular weight excluding hydrogens is 168 g/mol. The Morgan fingerprint density at radius 1 is 1.62 bits per heavy atom. The number of carbonyl (C=O) groups excluding carboxylic acids is 1. The average molecular weight is 186 g/mol. The highest BCUT2D eigenvalue weighted by molar-refractivity contribution is 5.75. The van der Waals surface area contributed by atoms with Crippen LogP contribution in [0.5, 0.6) is 0 Å². The van der Waals surface area contributed by atoms with Crippen LogP contribution in [-0.4, -0.2) is 32.2 Å². The summed E-state index contributed by atoms with van der Waals surface area (Å²) in [4.78, 5) is 11.2. The first-order valence-corrected chi connectivity index (χ1v) is 4.77. The molecule has 13 heavy (non-hydrogen) atoms. The average Bonchev–Trinajstić information content (AvgIpc) is 2.04. The Balaban J connectivity index is 2.20. The highest BCUT2D eigenvalue weighted by Crippen LogP contribution is 2.24. The van der Waals surface area contributed by atoms with E-state index in [9.17, 15) is 4.79 Å². The van der Waals surface area contributed by atoms with Gasteiger partial charge in [0.1, 0.15) is 0 Å². The molecule has 0 unspecified atom stereocenters. The highest BCUT2D eigenvalue weighted by atomic mass is 16.5. The second kappa shape index (κ2) is 4.58. The van der Waals surface area contributed by atoms with Crippen LogP contribution in [0.2, 0.25) is 0 Å². The van der Waals surface area contributed by atoms with Gasteiger partial charge >= 0.3 is 0 Å². The predicted octanol–water partition coefficient (Wildman–Crippen LogP) is -0.122. The van der Waals surface area contributed by atoms with Gasteiger partial charge in [0, 0.05) is 24.9 Å². The second-order valence-electron chi connectivity index (χ2n) is 3.72. The van der Waals surface area contributed by atoms with Gasteiger partial charge in [-0.15, -0.1) is 0 Å². The van der Waals surface area contributed by atoms with Gasteiger partial charge in [0.05, 0.1) is 13.2 Å². The van der Waals surface area contributed by atoms with Crippen LogP contribution in [-0.2, 0) is 9.53 Å². The molecule has 1 aliphatic rings. The van der Waals surface area contributed by atoms with E-state index in [1.807, 2.05) is 6.92 Å². The van der Waals surface area contributed by atoms with Crippen molar-refractivity contribution in [3.63, 3.8) is 0 Å². The molecule has 1 heterocycles. The van der Waals surface area contributed by atoms with Gasteiger partial charge in [-0.1, -0.05) is 6.92 Å². The van der Waals surface area contributed by atoms with E-state index in [-0.39, 0.29) is 11.3 Å². The third-order valence-corrected chi connectivity index (χ3v) is 2.39. The largest absolute Gasteiger partial charge is 0.380 e. The lowest BCUT2D eigenvalue weighted by Gasteiger charge is -2.40. The highest BCUT2D eigenvalue weighted by Gasteiger charge is 2.37. The molecule has 0 aliphatic carbocycles. The molecule has 0 spiro atoms. The van der Waals surface area contributed by atoms with Gasteiger partial charge in [-0.05, 0) is 6.42 Å².